The van der Waals surface area contributed by atoms with E-state index in [-0.39, 0.29) is 29.4 Å². The van der Waals surface area contributed by atoms with Crippen LogP contribution in [0.25, 0.3) is 16.8 Å². The number of ketones is 1. The van der Waals surface area contributed by atoms with E-state index in [1.54, 1.807) is 6.08 Å². The molecule has 0 aromatic heterocycles. The Bertz CT molecular complexity index is 1280. The second kappa shape index (κ2) is 8.88. The van der Waals surface area contributed by atoms with Gasteiger partial charge in [0.15, 0.2) is 5.78 Å². The van der Waals surface area contributed by atoms with Gasteiger partial charge in [-0.2, -0.15) is 0 Å². The van der Waals surface area contributed by atoms with Crippen LogP contribution in [0, 0.1) is 0 Å². The van der Waals surface area contributed by atoms with E-state index in [0.717, 1.165) is 42.3 Å². The lowest BCUT2D eigenvalue weighted by atomic mass is 9.87. The van der Waals surface area contributed by atoms with Gasteiger partial charge in [-0.25, -0.2) is 4.99 Å². The van der Waals surface area contributed by atoms with Crippen LogP contribution in [-0.2, 0) is 16.0 Å². The highest BCUT2D eigenvalue weighted by Gasteiger charge is 2.31. The zero-order valence-corrected chi connectivity index (χ0v) is 19.3. The molecule has 34 heavy (non-hydrogen) atoms. The molecule has 1 fully saturated rings. The van der Waals surface area contributed by atoms with E-state index in [0.29, 0.717) is 25.1 Å². The quantitative estimate of drug-likeness (QED) is 0.568. The summed E-state index contributed by atoms with van der Waals surface area (Å²) in [4.78, 5) is 17.8. The molecule has 0 saturated heterocycles. The molecule has 5 heteroatoms. The Morgan fingerprint density at radius 2 is 1.88 bits per heavy atom. The lowest BCUT2D eigenvalue weighted by Crippen LogP contribution is -2.40. The summed E-state index contributed by atoms with van der Waals surface area (Å²) in [7, 11) is 0. The number of nitrogens with zero attached hydrogens (tertiary/aromatic N) is 1. The molecule has 2 aromatic carbocycles. The maximum absolute atomic E-state index is 12.8. The minimum absolute atomic E-state index is 0.0174. The topological polar surface area (TPSA) is 70.9 Å². The molecule has 3 aliphatic carbocycles. The van der Waals surface area contributed by atoms with Crippen molar-refractivity contribution in [1.82, 2.24) is 5.32 Å². The highest BCUT2D eigenvalue weighted by atomic mass is 16.5. The molecule has 1 aliphatic heterocycles. The predicted molar refractivity (Wildman–Crippen MR) is 135 cm³/mol. The number of benzene rings is 2. The first kappa shape index (κ1) is 21.4. The first-order valence-electron chi connectivity index (χ1n) is 12.6. The fraction of sp³-hybridized carbons (Fsp3) is 0.379. The van der Waals surface area contributed by atoms with Crippen molar-refractivity contribution >= 4 is 28.3 Å². The fourth-order valence-electron chi connectivity index (χ4n) is 5.73. The Morgan fingerprint density at radius 1 is 1.06 bits per heavy atom. The number of Topliss-reactive ketones (excluding diaryl/α,β-unsaturated/α-hetero) is 1. The van der Waals surface area contributed by atoms with Crippen molar-refractivity contribution in [1.29, 1.82) is 0 Å². The van der Waals surface area contributed by atoms with E-state index in [1.807, 2.05) is 0 Å². The van der Waals surface area contributed by atoms with Gasteiger partial charge in [0.25, 0.3) is 0 Å². The Labute approximate surface area is 199 Å². The standard InChI is InChI=1S/C29H30N2O3/c32-25-14-7-15-26(33)28(25)29-30-24(17-27(31-29)34-19-9-2-3-10-19)23-16-18-8-1-4-11-20(18)21-12-5-6-13-22(21)23/h4-6,11-14,16,19,27,31-32H,1-3,7-10,15,17H2. The number of ether oxygens (including phenoxy) is 1. The average Bonchev–Trinajstić information content (AvgIpc) is 3.36. The van der Waals surface area contributed by atoms with Crippen LogP contribution >= 0.6 is 0 Å². The Morgan fingerprint density at radius 3 is 2.71 bits per heavy atom. The molecule has 0 bridgehead atoms. The van der Waals surface area contributed by atoms with Crippen LogP contribution in [0.15, 0.2) is 64.6 Å². The number of rotatable bonds is 3. The number of carbonyl (C=O) groups is 1. The molecule has 1 heterocycles. The van der Waals surface area contributed by atoms with Crippen LogP contribution < -0.4 is 5.32 Å². The van der Waals surface area contributed by atoms with Crippen LogP contribution in [0.5, 0.6) is 0 Å². The predicted octanol–water partition coefficient (Wildman–Crippen LogP) is 5.88. The van der Waals surface area contributed by atoms with Gasteiger partial charge in [0.1, 0.15) is 23.4 Å². The minimum Gasteiger partial charge on any atom is -0.507 e. The van der Waals surface area contributed by atoms with Crippen molar-refractivity contribution in [3.05, 3.63) is 76.3 Å². The fourth-order valence-corrected chi connectivity index (χ4v) is 5.73. The molecule has 174 valence electrons. The smallest absolute Gasteiger partial charge is 0.170 e. The van der Waals surface area contributed by atoms with Crippen LogP contribution in [-0.4, -0.2) is 28.9 Å². The Kier molecular flexibility index (Phi) is 5.58. The number of aryl methyl sites for hydroxylation is 1. The van der Waals surface area contributed by atoms with Crippen molar-refractivity contribution in [3.8, 4) is 0 Å². The van der Waals surface area contributed by atoms with Crippen molar-refractivity contribution in [2.45, 2.75) is 70.1 Å². The lowest BCUT2D eigenvalue weighted by Gasteiger charge is -2.31. The van der Waals surface area contributed by atoms with Gasteiger partial charge >= 0.3 is 0 Å². The summed E-state index contributed by atoms with van der Waals surface area (Å²) in [5.74, 6) is 0.376. The van der Waals surface area contributed by atoms with E-state index < -0.39 is 0 Å². The van der Waals surface area contributed by atoms with Gasteiger partial charge in [0.2, 0.25) is 0 Å². The average molecular weight is 455 g/mol. The second-order valence-corrected chi connectivity index (χ2v) is 9.70. The van der Waals surface area contributed by atoms with Crippen LogP contribution in [0.4, 0.5) is 0 Å². The number of aliphatic hydroxyl groups excluding tert-OH is 1. The summed E-state index contributed by atoms with van der Waals surface area (Å²) in [6, 6.07) is 10.8. The van der Waals surface area contributed by atoms with Crippen LogP contribution in [0.3, 0.4) is 0 Å². The molecule has 6 rings (SSSR count). The monoisotopic (exact) mass is 454 g/mol. The zero-order valence-electron chi connectivity index (χ0n) is 19.3. The number of hydrogen-bond acceptors (Lipinski definition) is 5. The third kappa shape index (κ3) is 3.88. The van der Waals surface area contributed by atoms with Gasteiger partial charge in [-0.3, -0.25) is 4.79 Å². The van der Waals surface area contributed by atoms with E-state index in [4.69, 9.17) is 9.73 Å². The Balaban J connectivity index is 1.50. The van der Waals surface area contributed by atoms with Crippen molar-refractivity contribution in [3.63, 3.8) is 0 Å². The van der Waals surface area contributed by atoms with Gasteiger partial charge in [-0.1, -0.05) is 49.3 Å². The van der Waals surface area contributed by atoms with E-state index in [9.17, 15) is 9.90 Å². The summed E-state index contributed by atoms with van der Waals surface area (Å²) >= 11 is 0. The lowest BCUT2D eigenvalue weighted by molar-refractivity contribution is -0.115. The molecule has 1 saturated carbocycles. The molecule has 1 unspecified atom stereocenters. The molecular formula is C29H30N2O3. The number of aliphatic hydroxyl groups is 1. The number of aliphatic imine (C=N–C) groups is 1. The summed E-state index contributed by atoms with van der Waals surface area (Å²) in [5.41, 5.74) is 4.91. The highest BCUT2D eigenvalue weighted by molar-refractivity contribution is 6.14. The molecular weight excluding hydrogens is 424 g/mol. The van der Waals surface area contributed by atoms with Gasteiger partial charge in [-0.05, 0) is 66.1 Å². The molecule has 2 aromatic rings. The molecule has 5 nitrogen and oxygen atoms in total. The van der Waals surface area contributed by atoms with Gasteiger partial charge < -0.3 is 15.2 Å². The first-order chi connectivity index (χ1) is 16.7. The van der Waals surface area contributed by atoms with E-state index in [1.165, 1.54) is 29.4 Å². The van der Waals surface area contributed by atoms with Gasteiger partial charge in [0.05, 0.1) is 11.8 Å². The normalized spacial score (nSPS) is 25.2. The summed E-state index contributed by atoms with van der Waals surface area (Å²) < 4.78 is 6.47. The second-order valence-electron chi connectivity index (χ2n) is 9.70. The zero-order chi connectivity index (χ0) is 23.1. The van der Waals surface area contributed by atoms with Crippen LogP contribution in [0.2, 0.25) is 0 Å². The Hall–Kier alpha value is -3.18. The van der Waals surface area contributed by atoms with E-state index >= 15 is 0 Å². The minimum atomic E-state index is -0.282. The third-order valence-corrected chi connectivity index (χ3v) is 7.41. The summed E-state index contributed by atoms with van der Waals surface area (Å²) in [5, 5.41) is 16.3. The highest BCUT2D eigenvalue weighted by Crippen LogP contribution is 2.34. The SMILES string of the molecule is O=C1CCC=C(O)C1=C1N=C(c2cc3c(c4ccccc24)C=CCC3)CC(OC2CCCC2)N1. The van der Waals surface area contributed by atoms with Crippen molar-refractivity contribution in [2.24, 2.45) is 4.99 Å². The molecule has 0 spiro atoms. The maximum atomic E-state index is 12.8. The number of hydrogen-bond donors (Lipinski definition) is 2. The first-order valence-corrected chi connectivity index (χ1v) is 12.6. The summed E-state index contributed by atoms with van der Waals surface area (Å²) in [6.07, 6.45) is 14.2. The van der Waals surface area contributed by atoms with Gasteiger partial charge in [-0.15, -0.1) is 0 Å². The number of allylic oxidation sites excluding steroid dienone is 3. The number of carbonyl (C=O) groups excluding carboxylic acids is 1. The molecule has 4 aliphatic rings. The third-order valence-electron chi connectivity index (χ3n) is 7.41. The van der Waals surface area contributed by atoms with Crippen LogP contribution in [0.1, 0.15) is 68.1 Å². The summed E-state index contributed by atoms with van der Waals surface area (Å²) in [6.45, 7) is 0. The van der Waals surface area contributed by atoms with Crippen molar-refractivity contribution in [2.75, 3.05) is 0 Å². The van der Waals surface area contributed by atoms with Crippen molar-refractivity contribution < 1.29 is 14.6 Å². The molecule has 2 N–H and O–H groups in total. The maximum Gasteiger partial charge on any atom is 0.170 e. The number of nitrogens with one attached hydrogen (secondary N) is 1. The van der Waals surface area contributed by atoms with E-state index in [2.05, 4.69) is 47.8 Å². The molecule has 1 atom stereocenters. The molecule has 0 amide bonds. The number of fused-ring (bicyclic) bond motifs is 3. The van der Waals surface area contributed by atoms with Gasteiger partial charge in [0, 0.05) is 18.4 Å². The largest absolute Gasteiger partial charge is 0.507 e. The molecule has 0 radical (unpaired) electrons.